The van der Waals surface area contributed by atoms with E-state index in [1.54, 1.807) is 23.0 Å². The zero-order valence-corrected chi connectivity index (χ0v) is 13.9. The molecule has 0 bridgehead atoms. The van der Waals surface area contributed by atoms with Gasteiger partial charge in [0.2, 0.25) is 0 Å². The molecule has 0 N–H and O–H groups in total. The van der Waals surface area contributed by atoms with Crippen LogP contribution in [-0.2, 0) is 5.41 Å². The van der Waals surface area contributed by atoms with E-state index >= 15 is 0 Å². The van der Waals surface area contributed by atoms with E-state index in [0.717, 1.165) is 22.6 Å². The Bertz CT molecular complexity index is 1000. The highest BCUT2D eigenvalue weighted by Crippen LogP contribution is 2.41. The van der Waals surface area contributed by atoms with E-state index in [1.807, 2.05) is 24.4 Å². The monoisotopic (exact) mass is 332 g/mol. The molecule has 0 atom stereocenters. The molecule has 0 amide bonds. The molecule has 6 nitrogen and oxygen atoms in total. The highest BCUT2D eigenvalue weighted by Gasteiger charge is 2.36. The van der Waals surface area contributed by atoms with E-state index in [9.17, 15) is 10.1 Å². The van der Waals surface area contributed by atoms with Crippen molar-refractivity contribution in [3.05, 3.63) is 82.2 Å². The number of hydrogen-bond acceptors (Lipinski definition) is 4. The normalized spacial score (nSPS) is 14.9. The van der Waals surface area contributed by atoms with Gasteiger partial charge in [-0.1, -0.05) is 32.0 Å². The van der Waals surface area contributed by atoms with Crippen LogP contribution < -0.4 is 0 Å². The van der Waals surface area contributed by atoms with Gasteiger partial charge in [0, 0.05) is 29.3 Å². The van der Waals surface area contributed by atoms with Gasteiger partial charge in [0.25, 0.3) is 5.69 Å². The molecule has 1 aliphatic rings. The van der Waals surface area contributed by atoms with Crippen molar-refractivity contribution in [2.75, 3.05) is 0 Å². The SMILES string of the molecule is CC1(C)C(c2cnn(-c3ccc([N+](=O)[O-])cc3)c2)=Nc2ccccc21. The number of non-ortho nitro benzene ring substituents is 1. The van der Waals surface area contributed by atoms with Crippen LogP contribution in [0.4, 0.5) is 11.4 Å². The number of aromatic nitrogens is 2. The van der Waals surface area contributed by atoms with E-state index in [-0.39, 0.29) is 11.1 Å². The van der Waals surface area contributed by atoms with Crippen LogP contribution in [0.15, 0.2) is 65.9 Å². The summed E-state index contributed by atoms with van der Waals surface area (Å²) in [6.07, 6.45) is 3.70. The predicted molar refractivity (Wildman–Crippen MR) is 95.9 cm³/mol. The zero-order chi connectivity index (χ0) is 17.6. The molecule has 6 heteroatoms. The third kappa shape index (κ3) is 2.42. The van der Waals surface area contributed by atoms with Crippen LogP contribution >= 0.6 is 0 Å². The van der Waals surface area contributed by atoms with Gasteiger partial charge in [-0.3, -0.25) is 15.1 Å². The van der Waals surface area contributed by atoms with Gasteiger partial charge >= 0.3 is 0 Å². The van der Waals surface area contributed by atoms with E-state index in [0.29, 0.717) is 0 Å². The topological polar surface area (TPSA) is 73.3 Å². The maximum Gasteiger partial charge on any atom is 0.269 e. The first kappa shape index (κ1) is 15.3. The minimum atomic E-state index is -0.411. The van der Waals surface area contributed by atoms with Gasteiger partial charge in [0.1, 0.15) is 0 Å². The first-order valence-electron chi connectivity index (χ1n) is 7.95. The molecule has 4 rings (SSSR count). The fraction of sp³-hybridized carbons (Fsp3) is 0.158. The first-order chi connectivity index (χ1) is 12.0. The average Bonchev–Trinajstić information content (AvgIpc) is 3.18. The number of aliphatic imine (C=N–C) groups is 1. The Balaban J connectivity index is 1.70. The molecule has 124 valence electrons. The molecule has 0 spiro atoms. The summed E-state index contributed by atoms with van der Waals surface area (Å²) in [6.45, 7) is 4.31. The van der Waals surface area contributed by atoms with Crippen molar-refractivity contribution in [2.45, 2.75) is 19.3 Å². The molecule has 0 aliphatic carbocycles. The average molecular weight is 332 g/mol. The maximum absolute atomic E-state index is 10.8. The van der Waals surface area contributed by atoms with Gasteiger partial charge in [0.15, 0.2) is 0 Å². The Labute approximate surface area is 144 Å². The summed E-state index contributed by atoms with van der Waals surface area (Å²) in [5.74, 6) is 0. The molecule has 2 heterocycles. The number of benzene rings is 2. The van der Waals surface area contributed by atoms with Crippen molar-refractivity contribution < 1.29 is 4.92 Å². The maximum atomic E-state index is 10.8. The predicted octanol–water partition coefficient (Wildman–Crippen LogP) is 4.19. The number of nitrogens with zero attached hydrogens (tertiary/aromatic N) is 4. The number of para-hydroxylation sites is 1. The minimum absolute atomic E-state index is 0.0629. The first-order valence-corrected chi connectivity index (χ1v) is 7.95. The summed E-state index contributed by atoms with van der Waals surface area (Å²) in [4.78, 5) is 15.2. The standard InChI is InChI=1S/C19H16N4O2/c1-19(2)16-5-3-4-6-17(16)21-18(19)13-11-20-22(12-13)14-7-9-15(10-8-14)23(24)25/h3-12H,1-2H3. The fourth-order valence-electron chi connectivity index (χ4n) is 3.23. The number of nitro groups is 1. The third-order valence-electron chi connectivity index (χ3n) is 4.58. The van der Waals surface area contributed by atoms with Crippen LogP contribution in [0.1, 0.15) is 25.0 Å². The molecule has 1 aromatic heterocycles. The second-order valence-electron chi connectivity index (χ2n) is 6.55. The Kier molecular flexibility index (Phi) is 3.28. The Morgan fingerprint density at radius 1 is 1.08 bits per heavy atom. The lowest BCUT2D eigenvalue weighted by atomic mass is 9.80. The van der Waals surface area contributed by atoms with Crippen molar-refractivity contribution in [1.29, 1.82) is 0 Å². The molecule has 0 radical (unpaired) electrons. The molecule has 0 fully saturated rings. The number of hydrogen-bond donors (Lipinski definition) is 0. The number of nitro benzene ring substituents is 1. The van der Waals surface area contributed by atoms with Crippen molar-refractivity contribution in [1.82, 2.24) is 9.78 Å². The van der Waals surface area contributed by atoms with E-state index in [2.05, 4.69) is 25.0 Å². The van der Waals surface area contributed by atoms with Crippen LogP contribution in [0.3, 0.4) is 0 Å². The molecule has 1 aliphatic heterocycles. The summed E-state index contributed by atoms with van der Waals surface area (Å²) < 4.78 is 1.71. The molecular formula is C19H16N4O2. The summed E-state index contributed by atoms with van der Waals surface area (Å²) in [7, 11) is 0. The number of fused-ring (bicyclic) bond motifs is 1. The molecule has 0 saturated heterocycles. The summed E-state index contributed by atoms with van der Waals surface area (Å²) >= 11 is 0. The highest BCUT2D eigenvalue weighted by atomic mass is 16.6. The number of rotatable bonds is 3. The summed E-state index contributed by atoms with van der Waals surface area (Å²) in [6, 6.07) is 14.5. The van der Waals surface area contributed by atoms with E-state index in [1.165, 1.54) is 17.7 Å². The van der Waals surface area contributed by atoms with Gasteiger partial charge in [-0.05, 0) is 23.8 Å². The van der Waals surface area contributed by atoms with E-state index < -0.39 is 4.92 Å². The Morgan fingerprint density at radius 2 is 1.80 bits per heavy atom. The van der Waals surface area contributed by atoms with Crippen LogP contribution in [0.5, 0.6) is 0 Å². The van der Waals surface area contributed by atoms with Crippen molar-refractivity contribution in [3.63, 3.8) is 0 Å². The van der Waals surface area contributed by atoms with Crippen molar-refractivity contribution in [3.8, 4) is 5.69 Å². The summed E-state index contributed by atoms with van der Waals surface area (Å²) in [5.41, 5.74) is 4.75. The third-order valence-corrected chi connectivity index (χ3v) is 4.58. The largest absolute Gasteiger partial charge is 0.269 e. The Hall–Kier alpha value is -3.28. The van der Waals surface area contributed by atoms with Crippen LogP contribution in [0, 0.1) is 10.1 Å². The van der Waals surface area contributed by atoms with Gasteiger partial charge in [0.05, 0.1) is 28.2 Å². The van der Waals surface area contributed by atoms with Crippen molar-refractivity contribution in [2.24, 2.45) is 4.99 Å². The lowest BCUT2D eigenvalue weighted by Gasteiger charge is -2.21. The van der Waals surface area contributed by atoms with Crippen LogP contribution in [-0.4, -0.2) is 20.4 Å². The molecule has 25 heavy (non-hydrogen) atoms. The van der Waals surface area contributed by atoms with E-state index in [4.69, 9.17) is 4.99 Å². The highest BCUT2D eigenvalue weighted by molar-refractivity contribution is 6.12. The molecule has 0 unspecified atom stereocenters. The van der Waals surface area contributed by atoms with Crippen molar-refractivity contribution >= 4 is 17.1 Å². The van der Waals surface area contributed by atoms with Gasteiger partial charge in [-0.25, -0.2) is 4.68 Å². The molecule has 2 aromatic carbocycles. The molecular weight excluding hydrogens is 316 g/mol. The quantitative estimate of drug-likeness (QED) is 0.533. The minimum Gasteiger partial charge on any atom is -0.258 e. The van der Waals surface area contributed by atoms with Gasteiger partial charge in [-0.2, -0.15) is 5.10 Å². The van der Waals surface area contributed by atoms with Gasteiger partial charge < -0.3 is 0 Å². The summed E-state index contributed by atoms with van der Waals surface area (Å²) in [5, 5.41) is 15.2. The van der Waals surface area contributed by atoms with Gasteiger partial charge in [-0.15, -0.1) is 0 Å². The van der Waals surface area contributed by atoms with Crippen LogP contribution in [0.25, 0.3) is 5.69 Å². The lowest BCUT2D eigenvalue weighted by Crippen LogP contribution is -2.26. The smallest absolute Gasteiger partial charge is 0.258 e. The molecule has 0 saturated carbocycles. The zero-order valence-electron chi connectivity index (χ0n) is 13.9. The molecule has 3 aromatic rings. The lowest BCUT2D eigenvalue weighted by molar-refractivity contribution is -0.384. The fourth-order valence-corrected chi connectivity index (χ4v) is 3.23. The Morgan fingerprint density at radius 3 is 2.48 bits per heavy atom. The second kappa shape index (κ2) is 5.37. The second-order valence-corrected chi connectivity index (χ2v) is 6.55. The van der Waals surface area contributed by atoms with Crippen LogP contribution in [0.2, 0.25) is 0 Å².